The Labute approximate surface area is 150 Å². The molecule has 1 saturated heterocycles. The van der Waals surface area contributed by atoms with E-state index in [0.717, 1.165) is 44.2 Å². The number of nitrogens with zero attached hydrogens (tertiary/aromatic N) is 2. The molecule has 138 valence electrons. The zero-order valence-electron chi connectivity index (χ0n) is 15.6. The van der Waals surface area contributed by atoms with E-state index in [1.165, 1.54) is 18.4 Å². The Morgan fingerprint density at radius 3 is 2.52 bits per heavy atom. The number of likely N-dealkylation sites (tertiary alicyclic amines) is 1. The van der Waals surface area contributed by atoms with Crippen LogP contribution in [0.1, 0.15) is 24.8 Å². The molecule has 2 atom stereocenters. The first-order valence-electron chi connectivity index (χ1n) is 9.27. The van der Waals surface area contributed by atoms with Crippen LogP contribution in [0.4, 0.5) is 4.79 Å². The Morgan fingerprint density at radius 1 is 1.20 bits per heavy atom. The van der Waals surface area contributed by atoms with Crippen LogP contribution in [0.3, 0.4) is 0 Å². The molecule has 0 aromatic heterocycles. The van der Waals surface area contributed by atoms with Crippen molar-refractivity contribution in [2.45, 2.75) is 31.8 Å². The van der Waals surface area contributed by atoms with Gasteiger partial charge in [0.15, 0.2) is 0 Å². The maximum Gasteiger partial charge on any atom is 0.319 e. The molecule has 1 aromatic rings. The summed E-state index contributed by atoms with van der Waals surface area (Å²) in [5.41, 5.74) is 1.27. The lowest BCUT2D eigenvalue weighted by Gasteiger charge is -2.39. The number of rotatable bonds is 6. The summed E-state index contributed by atoms with van der Waals surface area (Å²) in [5.74, 6) is 1.98. The molecule has 5 nitrogen and oxygen atoms in total. The first-order valence-corrected chi connectivity index (χ1v) is 9.27. The molecule has 1 aromatic carbocycles. The minimum absolute atomic E-state index is 0.0976. The standard InChI is InChI=1S/C20H30N2O3/c1-21(2)20(23)22-11-10-19(25-14-16-4-5-16)17(13-22)12-15-6-8-18(24-3)9-7-15/h6-9,16-17,19H,4-5,10-14H2,1-3H3/t17-,19-/m0/s1. The van der Waals surface area contributed by atoms with Crippen LogP contribution in [-0.4, -0.2) is 62.8 Å². The molecule has 25 heavy (non-hydrogen) atoms. The first-order chi connectivity index (χ1) is 12.1. The molecule has 3 rings (SSSR count). The van der Waals surface area contributed by atoms with Gasteiger partial charge < -0.3 is 19.3 Å². The third-order valence-corrected chi connectivity index (χ3v) is 5.22. The van der Waals surface area contributed by atoms with E-state index in [1.807, 2.05) is 31.1 Å². The van der Waals surface area contributed by atoms with Crippen molar-refractivity contribution in [2.24, 2.45) is 11.8 Å². The fourth-order valence-corrected chi connectivity index (χ4v) is 3.49. The van der Waals surface area contributed by atoms with Gasteiger partial charge in [0.2, 0.25) is 0 Å². The molecule has 0 unspecified atom stereocenters. The fraction of sp³-hybridized carbons (Fsp3) is 0.650. The Hall–Kier alpha value is -1.75. The van der Waals surface area contributed by atoms with Gasteiger partial charge in [0.05, 0.1) is 13.2 Å². The van der Waals surface area contributed by atoms with Gasteiger partial charge in [-0.3, -0.25) is 0 Å². The number of hydrogen-bond donors (Lipinski definition) is 0. The SMILES string of the molecule is COc1ccc(C[C@H]2CN(C(=O)N(C)C)CC[C@@H]2OCC2CC2)cc1. The lowest BCUT2D eigenvalue weighted by molar-refractivity contribution is -0.0309. The summed E-state index contributed by atoms with van der Waals surface area (Å²) in [5, 5.41) is 0. The predicted octanol–water partition coefficient (Wildman–Crippen LogP) is 3.04. The van der Waals surface area contributed by atoms with Gasteiger partial charge in [0, 0.05) is 39.7 Å². The molecule has 0 N–H and O–H groups in total. The number of amides is 2. The molecular weight excluding hydrogens is 316 g/mol. The van der Waals surface area contributed by atoms with Crippen LogP contribution in [0.25, 0.3) is 0 Å². The van der Waals surface area contributed by atoms with Crippen molar-refractivity contribution in [3.8, 4) is 5.75 Å². The van der Waals surface area contributed by atoms with Gasteiger partial charge in [0.25, 0.3) is 0 Å². The van der Waals surface area contributed by atoms with Crippen LogP contribution in [-0.2, 0) is 11.2 Å². The van der Waals surface area contributed by atoms with Gasteiger partial charge in [-0.25, -0.2) is 4.79 Å². The smallest absolute Gasteiger partial charge is 0.319 e. The van der Waals surface area contributed by atoms with Crippen LogP contribution < -0.4 is 4.74 Å². The van der Waals surface area contributed by atoms with Gasteiger partial charge in [-0.2, -0.15) is 0 Å². The summed E-state index contributed by atoms with van der Waals surface area (Å²) in [6.07, 6.45) is 4.71. The third-order valence-electron chi connectivity index (χ3n) is 5.22. The summed E-state index contributed by atoms with van der Waals surface area (Å²) in [6.45, 7) is 2.43. The lowest BCUT2D eigenvalue weighted by atomic mass is 9.88. The molecule has 1 saturated carbocycles. The van der Waals surface area contributed by atoms with E-state index in [1.54, 1.807) is 12.0 Å². The molecule has 1 aliphatic heterocycles. The van der Waals surface area contributed by atoms with Crippen LogP contribution in [0, 0.1) is 11.8 Å². The highest BCUT2D eigenvalue weighted by Gasteiger charge is 2.34. The van der Waals surface area contributed by atoms with E-state index in [2.05, 4.69) is 12.1 Å². The number of ether oxygens (including phenoxy) is 2. The number of methoxy groups -OCH3 is 1. The Bertz CT molecular complexity index is 569. The Kier molecular flexibility index (Phi) is 5.84. The van der Waals surface area contributed by atoms with E-state index < -0.39 is 0 Å². The van der Waals surface area contributed by atoms with Crippen LogP contribution in [0.5, 0.6) is 5.75 Å². The van der Waals surface area contributed by atoms with Gasteiger partial charge in [0.1, 0.15) is 5.75 Å². The highest BCUT2D eigenvalue weighted by Crippen LogP contribution is 2.32. The normalized spacial score (nSPS) is 23.4. The van der Waals surface area contributed by atoms with Gasteiger partial charge >= 0.3 is 6.03 Å². The van der Waals surface area contributed by atoms with Crippen LogP contribution >= 0.6 is 0 Å². The predicted molar refractivity (Wildman–Crippen MR) is 97.9 cm³/mol. The van der Waals surface area contributed by atoms with E-state index in [4.69, 9.17) is 9.47 Å². The lowest BCUT2D eigenvalue weighted by Crippen LogP contribution is -2.50. The number of piperidine rings is 1. The van der Waals surface area contributed by atoms with Gasteiger partial charge in [-0.1, -0.05) is 12.1 Å². The number of benzene rings is 1. The first kappa shape index (κ1) is 18.1. The number of urea groups is 1. The second-order valence-corrected chi connectivity index (χ2v) is 7.54. The molecule has 0 bridgehead atoms. The van der Waals surface area contributed by atoms with E-state index in [-0.39, 0.29) is 12.1 Å². The average molecular weight is 346 g/mol. The summed E-state index contributed by atoms with van der Waals surface area (Å²) in [6, 6.07) is 8.33. The van der Waals surface area contributed by atoms with Crippen molar-refractivity contribution in [3.63, 3.8) is 0 Å². The maximum atomic E-state index is 12.4. The monoisotopic (exact) mass is 346 g/mol. The van der Waals surface area contributed by atoms with Gasteiger partial charge in [-0.05, 0) is 49.3 Å². The molecular formula is C20H30N2O3. The molecule has 2 amide bonds. The fourth-order valence-electron chi connectivity index (χ4n) is 3.49. The molecule has 0 spiro atoms. The Balaban J connectivity index is 1.66. The van der Waals surface area contributed by atoms with Crippen LogP contribution in [0.2, 0.25) is 0 Å². The average Bonchev–Trinajstić information content (AvgIpc) is 3.45. The zero-order chi connectivity index (χ0) is 17.8. The van der Waals surface area contributed by atoms with Crippen molar-refractivity contribution < 1.29 is 14.3 Å². The molecule has 0 radical (unpaired) electrons. The highest BCUT2D eigenvalue weighted by atomic mass is 16.5. The van der Waals surface area contributed by atoms with Crippen molar-refractivity contribution in [1.29, 1.82) is 0 Å². The second-order valence-electron chi connectivity index (χ2n) is 7.54. The van der Waals surface area contributed by atoms with Crippen molar-refractivity contribution in [3.05, 3.63) is 29.8 Å². The maximum absolute atomic E-state index is 12.4. The summed E-state index contributed by atoms with van der Waals surface area (Å²) >= 11 is 0. The quantitative estimate of drug-likeness (QED) is 0.795. The molecule has 1 aliphatic carbocycles. The summed E-state index contributed by atoms with van der Waals surface area (Å²) in [4.78, 5) is 16.0. The van der Waals surface area contributed by atoms with Crippen molar-refractivity contribution in [1.82, 2.24) is 9.80 Å². The number of hydrogen-bond acceptors (Lipinski definition) is 3. The van der Waals surface area contributed by atoms with Crippen LogP contribution in [0.15, 0.2) is 24.3 Å². The largest absolute Gasteiger partial charge is 0.497 e. The van der Waals surface area contributed by atoms with E-state index in [0.29, 0.717) is 5.92 Å². The minimum atomic E-state index is 0.0976. The second kappa shape index (κ2) is 8.09. The molecule has 1 heterocycles. The zero-order valence-corrected chi connectivity index (χ0v) is 15.6. The topological polar surface area (TPSA) is 42.0 Å². The van der Waals surface area contributed by atoms with E-state index in [9.17, 15) is 4.79 Å². The summed E-state index contributed by atoms with van der Waals surface area (Å²) < 4.78 is 11.5. The van der Waals surface area contributed by atoms with E-state index >= 15 is 0 Å². The molecule has 2 fully saturated rings. The van der Waals surface area contributed by atoms with Crippen molar-refractivity contribution >= 4 is 6.03 Å². The van der Waals surface area contributed by atoms with Crippen molar-refractivity contribution in [2.75, 3.05) is 40.9 Å². The summed E-state index contributed by atoms with van der Waals surface area (Å²) in [7, 11) is 5.32. The molecule has 2 aliphatic rings. The number of carbonyl (C=O) groups excluding carboxylic acids is 1. The highest BCUT2D eigenvalue weighted by molar-refractivity contribution is 5.73. The third kappa shape index (κ3) is 4.88. The molecule has 5 heteroatoms. The van der Waals surface area contributed by atoms with Gasteiger partial charge in [-0.15, -0.1) is 0 Å². The minimum Gasteiger partial charge on any atom is -0.497 e. The Morgan fingerprint density at radius 2 is 1.92 bits per heavy atom. The number of carbonyl (C=O) groups is 1.